The molecule has 1 saturated heterocycles. The molecule has 4 rings (SSSR count). The third-order valence-corrected chi connectivity index (χ3v) is 5.37. The molecule has 2 aliphatic rings. The van der Waals surface area contributed by atoms with Crippen LogP contribution >= 0.6 is 0 Å². The molecule has 1 fully saturated rings. The maximum absolute atomic E-state index is 12.6. The van der Waals surface area contributed by atoms with Crippen LogP contribution in [-0.4, -0.2) is 39.6 Å². The predicted octanol–water partition coefficient (Wildman–Crippen LogP) is 2.79. The van der Waals surface area contributed by atoms with E-state index in [1.807, 2.05) is 23.6 Å². The van der Waals surface area contributed by atoms with Gasteiger partial charge in [-0.05, 0) is 43.2 Å². The Morgan fingerprint density at radius 1 is 1.12 bits per heavy atom. The molecule has 1 aliphatic carbocycles. The highest BCUT2D eigenvalue weighted by atomic mass is 16.2. The van der Waals surface area contributed by atoms with Gasteiger partial charge in [0.2, 0.25) is 0 Å². The van der Waals surface area contributed by atoms with Crippen molar-refractivity contribution in [2.24, 2.45) is 0 Å². The first-order chi connectivity index (χ1) is 11.8. The molecule has 2 amide bonds. The van der Waals surface area contributed by atoms with E-state index >= 15 is 0 Å². The van der Waals surface area contributed by atoms with Gasteiger partial charge in [0.25, 0.3) is 0 Å². The number of hydrogen-bond donors (Lipinski definition) is 1. The van der Waals surface area contributed by atoms with Crippen LogP contribution in [0, 0.1) is 0 Å². The molecule has 1 aromatic heterocycles. The molecular weight excluding hydrogens is 300 g/mol. The second-order valence-corrected chi connectivity index (χ2v) is 6.89. The molecule has 126 valence electrons. The fraction of sp³-hybridized carbons (Fsp3) is 0.474. The lowest BCUT2D eigenvalue weighted by Crippen LogP contribution is -2.49. The highest BCUT2D eigenvalue weighted by Crippen LogP contribution is 2.23. The van der Waals surface area contributed by atoms with Gasteiger partial charge in [0, 0.05) is 37.6 Å². The molecule has 1 aliphatic heterocycles. The Kier molecular flexibility index (Phi) is 4.24. The minimum atomic E-state index is 0.100. The number of aryl methyl sites for hydroxylation is 1. The van der Waals surface area contributed by atoms with E-state index in [2.05, 4.69) is 39.1 Å². The molecule has 24 heavy (non-hydrogen) atoms. The summed E-state index contributed by atoms with van der Waals surface area (Å²) in [5.41, 5.74) is 2.82. The third-order valence-electron chi connectivity index (χ3n) is 5.37. The summed E-state index contributed by atoms with van der Waals surface area (Å²) in [7, 11) is 0. The summed E-state index contributed by atoms with van der Waals surface area (Å²) in [6.45, 7) is 1.63. The number of nitrogens with one attached hydrogen (secondary N) is 1. The first-order valence-electron chi connectivity index (χ1n) is 8.89. The summed E-state index contributed by atoms with van der Waals surface area (Å²) in [6.07, 6.45) is 10.7. The molecule has 0 radical (unpaired) electrons. The van der Waals surface area contributed by atoms with Crippen LogP contribution in [0.1, 0.15) is 36.4 Å². The van der Waals surface area contributed by atoms with Gasteiger partial charge in [-0.2, -0.15) is 0 Å². The Morgan fingerprint density at radius 3 is 2.67 bits per heavy atom. The quantitative estimate of drug-likeness (QED) is 0.923. The lowest BCUT2D eigenvalue weighted by atomic mass is 9.88. The Balaban J connectivity index is 1.30. The van der Waals surface area contributed by atoms with E-state index in [4.69, 9.17) is 0 Å². The Bertz CT molecular complexity index is 689. The van der Waals surface area contributed by atoms with Crippen molar-refractivity contribution < 1.29 is 4.79 Å². The van der Waals surface area contributed by atoms with Crippen molar-refractivity contribution in [2.45, 2.75) is 44.2 Å². The van der Waals surface area contributed by atoms with E-state index in [9.17, 15) is 4.79 Å². The smallest absolute Gasteiger partial charge is 0.317 e. The lowest BCUT2D eigenvalue weighted by Gasteiger charge is -2.34. The number of piperidine rings is 1. The van der Waals surface area contributed by atoms with Crippen molar-refractivity contribution in [1.82, 2.24) is 19.8 Å². The van der Waals surface area contributed by atoms with Gasteiger partial charge in [-0.3, -0.25) is 0 Å². The van der Waals surface area contributed by atoms with Gasteiger partial charge in [-0.25, -0.2) is 9.78 Å². The van der Waals surface area contributed by atoms with Crippen LogP contribution in [0.5, 0.6) is 0 Å². The Labute approximate surface area is 142 Å². The number of likely N-dealkylation sites (tertiary alicyclic amines) is 1. The van der Waals surface area contributed by atoms with Crippen molar-refractivity contribution in [3.8, 4) is 0 Å². The Morgan fingerprint density at radius 2 is 1.92 bits per heavy atom. The van der Waals surface area contributed by atoms with Crippen LogP contribution in [0.4, 0.5) is 4.79 Å². The summed E-state index contributed by atoms with van der Waals surface area (Å²) in [5.74, 6) is 0. The van der Waals surface area contributed by atoms with Crippen LogP contribution < -0.4 is 5.32 Å². The second-order valence-electron chi connectivity index (χ2n) is 6.89. The zero-order valence-electron chi connectivity index (χ0n) is 13.9. The number of imidazole rings is 1. The number of rotatable bonds is 2. The molecule has 0 saturated carbocycles. The average molecular weight is 324 g/mol. The number of nitrogens with zero attached hydrogens (tertiary/aromatic N) is 3. The van der Waals surface area contributed by atoms with Crippen LogP contribution in [0.3, 0.4) is 0 Å². The van der Waals surface area contributed by atoms with Gasteiger partial charge in [-0.1, -0.05) is 24.3 Å². The largest absolute Gasteiger partial charge is 0.335 e. The third kappa shape index (κ3) is 3.16. The number of aromatic nitrogens is 2. The number of carbonyl (C=O) groups is 1. The summed E-state index contributed by atoms with van der Waals surface area (Å²) in [5, 5.41) is 3.25. The van der Waals surface area contributed by atoms with E-state index in [0.717, 1.165) is 45.2 Å². The normalized spacial score (nSPS) is 21.3. The number of fused-ring (bicyclic) bond motifs is 1. The zero-order valence-corrected chi connectivity index (χ0v) is 13.9. The average Bonchev–Trinajstić information content (AvgIpc) is 3.16. The molecular formula is C19H24N4O. The van der Waals surface area contributed by atoms with Gasteiger partial charge < -0.3 is 14.8 Å². The fourth-order valence-corrected chi connectivity index (χ4v) is 3.94. The topological polar surface area (TPSA) is 50.2 Å². The van der Waals surface area contributed by atoms with Crippen LogP contribution in [0.25, 0.3) is 0 Å². The number of benzene rings is 1. The van der Waals surface area contributed by atoms with E-state index in [1.165, 1.54) is 11.1 Å². The monoisotopic (exact) mass is 324 g/mol. The lowest BCUT2D eigenvalue weighted by molar-refractivity contribution is 0.167. The van der Waals surface area contributed by atoms with Crippen molar-refractivity contribution in [3.05, 3.63) is 54.1 Å². The molecule has 2 aromatic rings. The van der Waals surface area contributed by atoms with Crippen LogP contribution in [0.15, 0.2) is 43.0 Å². The molecule has 5 nitrogen and oxygen atoms in total. The molecule has 0 spiro atoms. The van der Waals surface area contributed by atoms with E-state index in [0.29, 0.717) is 6.04 Å². The standard InChI is InChI=1S/C19H24N4O/c24-19(21-17-6-5-15-3-1-2-4-16(15)13-17)22-10-7-18(8-11-22)23-12-9-20-14-23/h1-4,9,12,14,17-18H,5-8,10-11,13H2,(H,21,24)/t17-/m0/s1. The van der Waals surface area contributed by atoms with Gasteiger partial charge >= 0.3 is 6.03 Å². The van der Waals surface area contributed by atoms with Crippen molar-refractivity contribution in [1.29, 1.82) is 0 Å². The number of urea groups is 1. The van der Waals surface area contributed by atoms with Gasteiger partial charge in [0.05, 0.1) is 6.33 Å². The molecule has 5 heteroatoms. The van der Waals surface area contributed by atoms with Crippen molar-refractivity contribution in [3.63, 3.8) is 0 Å². The zero-order chi connectivity index (χ0) is 16.4. The molecule has 1 atom stereocenters. The SMILES string of the molecule is O=C(N[C@H]1CCc2ccccc2C1)N1CCC(n2ccnc2)CC1. The van der Waals surface area contributed by atoms with E-state index in [1.54, 1.807) is 0 Å². The highest BCUT2D eigenvalue weighted by Gasteiger charge is 2.26. The minimum Gasteiger partial charge on any atom is -0.335 e. The van der Waals surface area contributed by atoms with Crippen LogP contribution in [-0.2, 0) is 12.8 Å². The highest BCUT2D eigenvalue weighted by molar-refractivity contribution is 5.74. The maximum Gasteiger partial charge on any atom is 0.317 e. The van der Waals surface area contributed by atoms with Gasteiger partial charge in [0.1, 0.15) is 0 Å². The number of hydrogen-bond acceptors (Lipinski definition) is 2. The van der Waals surface area contributed by atoms with Gasteiger partial charge in [-0.15, -0.1) is 0 Å². The summed E-state index contributed by atoms with van der Waals surface area (Å²) < 4.78 is 2.16. The predicted molar refractivity (Wildman–Crippen MR) is 92.9 cm³/mol. The Hall–Kier alpha value is -2.30. The second kappa shape index (κ2) is 6.67. The molecule has 0 bridgehead atoms. The molecule has 1 aromatic carbocycles. The number of amides is 2. The summed E-state index contributed by atoms with van der Waals surface area (Å²) in [4.78, 5) is 18.7. The first kappa shape index (κ1) is 15.2. The first-order valence-corrected chi connectivity index (χ1v) is 8.89. The van der Waals surface area contributed by atoms with Crippen molar-refractivity contribution in [2.75, 3.05) is 13.1 Å². The van der Waals surface area contributed by atoms with E-state index in [-0.39, 0.29) is 12.1 Å². The summed E-state index contributed by atoms with van der Waals surface area (Å²) >= 11 is 0. The van der Waals surface area contributed by atoms with Crippen LogP contribution in [0.2, 0.25) is 0 Å². The van der Waals surface area contributed by atoms with Crippen molar-refractivity contribution >= 4 is 6.03 Å². The minimum absolute atomic E-state index is 0.100. The summed E-state index contributed by atoms with van der Waals surface area (Å²) in [6, 6.07) is 9.41. The number of carbonyl (C=O) groups excluding carboxylic acids is 1. The molecule has 0 unspecified atom stereocenters. The molecule has 2 heterocycles. The molecule has 1 N–H and O–H groups in total. The fourth-order valence-electron chi connectivity index (χ4n) is 3.94. The van der Waals surface area contributed by atoms with Gasteiger partial charge in [0.15, 0.2) is 0 Å². The maximum atomic E-state index is 12.6. The van der Waals surface area contributed by atoms with E-state index < -0.39 is 0 Å².